The zero-order chi connectivity index (χ0) is 23.5. The van der Waals surface area contributed by atoms with Gasteiger partial charge in [0, 0.05) is 18.3 Å². The minimum absolute atomic E-state index is 0.0642. The van der Waals surface area contributed by atoms with Crippen LogP contribution in [0.5, 0.6) is 5.75 Å². The first kappa shape index (κ1) is 23.7. The van der Waals surface area contributed by atoms with Crippen LogP contribution in [0.15, 0.2) is 45.9 Å². The van der Waals surface area contributed by atoms with Gasteiger partial charge < -0.3 is 14.8 Å². The number of carbonyl (C=O) groups excluding carboxylic acids is 1. The maximum absolute atomic E-state index is 13.3. The Kier molecular flexibility index (Phi) is 6.89. The van der Waals surface area contributed by atoms with Crippen molar-refractivity contribution in [2.24, 2.45) is 0 Å². The molecule has 0 spiro atoms. The highest BCUT2D eigenvalue weighted by Gasteiger charge is 2.23. The zero-order valence-electron chi connectivity index (χ0n) is 18.6. The molecule has 0 aliphatic rings. The molecule has 0 aliphatic carbocycles. The number of hydrogen-bond donors (Lipinski definition) is 1. The van der Waals surface area contributed by atoms with E-state index in [1.165, 1.54) is 19.4 Å². The Labute approximate surface area is 191 Å². The number of sulfone groups is 1. The normalized spacial score (nSPS) is 11.9. The summed E-state index contributed by atoms with van der Waals surface area (Å²) in [7, 11) is -2.36. The second-order valence-corrected chi connectivity index (χ2v) is 11.2. The van der Waals surface area contributed by atoms with Crippen LogP contribution in [0, 0.1) is 0 Å². The summed E-state index contributed by atoms with van der Waals surface area (Å²) in [5.41, 5.74) is 0.840. The SMILES string of the molecule is CCn1cc(-c2cc(OC)cc(S(=O)(=O)c3cnc(CNC(=O)OC(C)(C)C)s3)c2)cn1. The minimum atomic E-state index is -3.84. The Morgan fingerprint density at radius 2 is 1.94 bits per heavy atom. The van der Waals surface area contributed by atoms with Gasteiger partial charge in [-0.2, -0.15) is 5.10 Å². The highest BCUT2D eigenvalue weighted by molar-refractivity contribution is 7.93. The van der Waals surface area contributed by atoms with Gasteiger partial charge in [-0.05, 0) is 51.5 Å². The average Bonchev–Trinajstić information content (AvgIpc) is 3.40. The quantitative estimate of drug-likeness (QED) is 0.548. The first-order chi connectivity index (χ1) is 15.0. The van der Waals surface area contributed by atoms with Gasteiger partial charge in [0.1, 0.15) is 20.6 Å². The van der Waals surface area contributed by atoms with Crippen LogP contribution >= 0.6 is 11.3 Å². The van der Waals surface area contributed by atoms with Crippen LogP contribution in [-0.4, -0.2) is 42.0 Å². The maximum atomic E-state index is 13.3. The van der Waals surface area contributed by atoms with Gasteiger partial charge in [0.25, 0.3) is 0 Å². The number of nitrogens with one attached hydrogen (secondary N) is 1. The first-order valence-electron chi connectivity index (χ1n) is 9.90. The number of alkyl carbamates (subject to hydrolysis) is 1. The molecule has 0 unspecified atom stereocenters. The molecule has 172 valence electrons. The lowest BCUT2D eigenvalue weighted by Gasteiger charge is -2.19. The molecule has 1 N–H and O–H groups in total. The Morgan fingerprint density at radius 3 is 2.56 bits per heavy atom. The van der Waals surface area contributed by atoms with E-state index in [9.17, 15) is 13.2 Å². The number of carbonyl (C=O) groups is 1. The second kappa shape index (κ2) is 9.29. The van der Waals surface area contributed by atoms with Crippen molar-refractivity contribution in [3.05, 3.63) is 41.8 Å². The van der Waals surface area contributed by atoms with Crippen LogP contribution < -0.4 is 10.1 Å². The zero-order valence-corrected chi connectivity index (χ0v) is 20.2. The van der Waals surface area contributed by atoms with E-state index in [0.717, 1.165) is 16.9 Å². The molecule has 1 amide bonds. The van der Waals surface area contributed by atoms with E-state index in [2.05, 4.69) is 15.4 Å². The molecule has 0 atom stereocenters. The number of aryl methyl sites for hydroxylation is 1. The topological polar surface area (TPSA) is 112 Å². The van der Waals surface area contributed by atoms with Gasteiger partial charge in [-0.15, -0.1) is 11.3 Å². The van der Waals surface area contributed by atoms with Crippen LogP contribution in [0.3, 0.4) is 0 Å². The molecule has 32 heavy (non-hydrogen) atoms. The van der Waals surface area contributed by atoms with Gasteiger partial charge in [-0.3, -0.25) is 4.68 Å². The molecule has 11 heteroatoms. The van der Waals surface area contributed by atoms with Crippen molar-refractivity contribution in [2.75, 3.05) is 7.11 Å². The molecule has 0 radical (unpaired) electrons. The summed E-state index contributed by atoms with van der Waals surface area (Å²) in [6.45, 7) is 8.02. The lowest BCUT2D eigenvalue weighted by atomic mass is 10.1. The van der Waals surface area contributed by atoms with E-state index in [-0.39, 0.29) is 15.6 Å². The van der Waals surface area contributed by atoms with Crippen molar-refractivity contribution >= 4 is 27.3 Å². The number of nitrogens with zero attached hydrogens (tertiary/aromatic N) is 3. The largest absolute Gasteiger partial charge is 0.497 e. The van der Waals surface area contributed by atoms with Crippen LogP contribution in [0.25, 0.3) is 11.1 Å². The Hall–Kier alpha value is -2.92. The molecule has 0 aliphatic heterocycles. The molecule has 2 aromatic heterocycles. The highest BCUT2D eigenvalue weighted by atomic mass is 32.2. The molecular formula is C21H26N4O5S2. The lowest BCUT2D eigenvalue weighted by Crippen LogP contribution is -2.32. The predicted molar refractivity (Wildman–Crippen MR) is 121 cm³/mol. The van der Waals surface area contributed by atoms with Gasteiger partial charge in [0.15, 0.2) is 0 Å². The Morgan fingerprint density at radius 1 is 1.19 bits per heavy atom. The summed E-state index contributed by atoms with van der Waals surface area (Å²) in [6.07, 6.45) is 4.22. The first-order valence-corrected chi connectivity index (χ1v) is 12.2. The van der Waals surface area contributed by atoms with Crippen LogP contribution in [-0.2, 0) is 27.7 Å². The fourth-order valence-corrected chi connectivity index (χ4v) is 5.36. The molecule has 3 rings (SSSR count). The van der Waals surface area contributed by atoms with E-state index in [0.29, 0.717) is 22.9 Å². The van der Waals surface area contributed by atoms with Crippen LogP contribution in [0.1, 0.15) is 32.7 Å². The fraction of sp³-hybridized carbons (Fsp3) is 0.381. The van der Waals surface area contributed by atoms with Gasteiger partial charge in [0.2, 0.25) is 9.84 Å². The number of thiazole rings is 1. The minimum Gasteiger partial charge on any atom is -0.497 e. The van der Waals surface area contributed by atoms with Crippen molar-refractivity contribution < 1.29 is 22.7 Å². The summed E-state index contributed by atoms with van der Waals surface area (Å²) in [6, 6.07) is 4.83. The van der Waals surface area contributed by atoms with Crippen LogP contribution in [0.4, 0.5) is 4.79 Å². The van der Waals surface area contributed by atoms with Crippen molar-refractivity contribution in [3.8, 4) is 16.9 Å². The molecule has 0 bridgehead atoms. The standard InChI is InChI=1S/C21H26N4O5S2/c1-6-25-13-15(10-24-25)14-7-16(29-5)9-17(8-14)32(27,28)19-12-22-18(31-19)11-23-20(26)30-21(2,3)4/h7-10,12-13H,6,11H2,1-5H3,(H,23,26). The summed E-state index contributed by atoms with van der Waals surface area (Å²) < 4.78 is 38.9. The maximum Gasteiger partial charge on any atom is 0.408 e. The molecular weight excluding hydrogens is 452 g/mol. The van der Waals surface area contributed by atoms with Gasteiger partial charge in [-0.1, -0.05) is 0 Å². The summed E-state index contributed by atoms with van der Waals surface area (Å²) in [5, 5.41) is 7.28. The van der Waals surface area contributed by atoms with Crippen molar-refractivity contribution in [1.82, 2.24) is 20.1 Å². The van der Waals surface area contributed by atoms with Crippen LogP contribution in [0.2, 0.25) is 0 Å². The van der Waals surface area contributed by atoms with Gasteiger partial charge >= 0.3 is 6.09 Å². The second-order valence-electron chi connectivity index (χ2n) is 7.91. The number of ether oxygens (including phenoxy) is 2. The van der Waals surface area contributed by atoms with Gasteiger partial charge in [0.05, 0.1) is 30.9 Å². The Bertz CT molecular complexity index is 1210. The summed E-state index contributed by atoms with van der Waals surface area (Å²) in [4.78, 5) is 16.1. The molecule has 2 heterocycles. The Balaban J connectivity index is 1.85. The number of benzene rings is 1. The number of methoxy groups -OCH3 is 1. The van der Waals surface area contributed by atoms with Crippen molar-refractivity contribution in [2.45, 2.75) is 55.5 Å². The third-order valence-corrected chi connectivity index (χ3v) is 7.49. The van der Waals surface area contributed by atoms with Crippen molar-refractivity contribution in [3.63, 3.8) is 0 Å². The highest BCUT2D eigenvalue weighted by Crippen LogP contribution is 2.33. The smallest absolute Gasteiger partial charge is 0.408 e. The third kappa shape index (κ3) is 5.65. The van der Waals surface area contributed by atoms with E-state index in [4.69, 9.17) is 9.47 Å². The van der Waals surface area contributed by atoms with E-state index < -0.39 is 21.5 Å². The molecule has 9 nitrogen and oxygen atoms in total. The number of rotatable bonds is 7. The number of amides is 1. The molecule has 3 aromatic rings. The van der Waals surface area contributed by atoms with E-state index in [1.807, 2.05) is 13.1 Å². The monoisotopic (exact) mass is 478 g/mol. The average molecular weight is 479 g/mol. The van der Waals surface area contributed by atoms with E-state index in [1.54, 1.807) is 43.8 Å². The van der Waals surface area contributed by atoms with Gasteiger partial charge in [-0.25, -0.2) is 18.2 Å². The molecule has 0 saturated carbocycles. The summed E-state index contributed by atoms with van der Waals surface area (Å²) >= 11 is 0.991. The van der Waals surface area contributed by atoms with E-state index >= 15 is 0 Å². The predicted octanol–water partition coefficient (Wildman–Crippen LogP) is 3.89. The molecule has 0 fully saturated rings. The van der Waals surface area contributed by atoms with Crippen molar-refractivity contribution in [1.29, 1.82) is 0 Å². The fourth-order valence-electron chi connectivity index (χ4n) is 2.77. The molecule has 1 aromatic carbocycles. The lowest BCUT2D eigenvalue weighted by molar-refractivity contribution is 0.0523. The number of hydrogen-bond acceptors (Lipinski definition) is 8. The third-order valence-electron chi connectivity index (χ3n) is 4.30. The molecule has 0 saturated heterocycles. The summed E-state index contributed by atoms with van der Waals surface area (Å²) in [5.74, 6) is 0.418. The number of aromatic nitrogens is 3.